The maximum Gasteiger partial charge on any atom is 0.244 e. The van der Waals surface area contributed by atoms with Gasteiger partial charge in [-0.05, 0) is 62.5 Å². The summed E-state index contributed by atoms with van der Waals surface area (Å²) in [4.78, 5) is 20.4. The van der Waals surface area contributed by atoms with Crippen molar-refractivity contribution in [3.05, 3.63) is 33.5 Å². The van der Waals surface area contributed by atoms with E-state index in [1.165, 1.54) is 36.1 Å². The second-order valence-corrected chi connectivity index (χ2v) is 7.92. The number of hydrogen-bond acceptors (Lipinski definition) is 3. The van der Waals surface area contributed by atoms with Crippen molar-refractivity contribution in [3.8, 4) is 0 Å². The summed E-state index contributed by atoms with van der Waals surface area (Å²) in [5.41, 5.74) is 2.85. The van der Waals surface area contributed by atoms with Crippen molar-refractivity contribution in [2.75, 3.05) is 26.2 Å². The fraction of sp³-hybridized carbons (Fsp3) is 0.600. The number of carbonyl (C=O) groups excluding carboxylic acids is 1. The zero-order chi connectivity index (χ0) is 18.2. The lowest BCUT2D eigenvalue weighted by molar-refractivity contribution is -0.130. The van der Waals surface area contributed by atoms with E-state index in [0.29, 0.717) is 0 Å². The van der Waals surface area contributed by atoms with Crippen LogP contribution >= 0.6 is 11.3 Å². The van der Waals surface area contributed by atoms with E-state index in [-0.39, 0.29) is 12.5 Å². The molecule has 2 aliphatic rings. The predicted molar refractivity (Wildman–Crippen MR) is 109 cm³/mol. The summed E-state index contributed by atoms with van der Waals surface area (Å²) in [5, 5.41) is 8.72. The average molecular weight is 375 g/mol. The van der Waals surface area contributed by atoms with Crippen LogP contribution in [0.2, 0.25) is 0 Å². The molecule has 1 aromatic heterocycles. The van der Waals surface area contributed by atoms with E-state index in [2.05, 4.69) is 33.1 Å². The molecule has 1 aliphatic carbocycles. The first-order valence-electron chi connectivity index (χ1n) is 9.79. The van der Waals surface area contributed by atoms with E-state index in [4.69, 9.17) is 0 Å². The number of allylic oxidation sites excluding steroid dienone is 1. The van der Waals surface area contributed by atoms with Gasteiger partial charge < -0.3 is 15.5 Å². The molecule has 2 heterocycles. The van der Waals surface area contributed by atoms with Crippen molar-refractivity contribution in [3.63, 3.8) is 0 Å². The molecule has 0 aromatic carbocycles. The van der Waals surface area contributed by atoms with Crippen LogP contribution in [0.3, 0.4) is 0 Å². The number of amides is 1. The summed E-state index contributed by atoms with van der Waals surface area (Å²) in [7, 11) is 0. The molecule has 0 radical (unpaired) electrons. The first-order valence-corrected chi connectivity index (χ1v) is 10.7. The van der Waals surface area contributed by atoms with E-state index in [9.17, 15) is 4.79 Å². The van der Waals surface area contributed by atoms with Crippen LogP contribution < -0.4 is 10.6 Å². The van der Waals surface area contributed by atoms with Gasteiger partial charge in [0.1, 0.15) is 6.54 Å². The van der Waals surface area contributed by atoms with Crippen LogP contribution in [-0.4, -0.2) is 42.9 Å². The van der Waals surface area contributed by atoms with Crippen LogP contribution in [-0.2, 0) is 17.8 Å². The highest BCUT2D eigenvalue weighted by Gasteiger charge is 2.21. The van der Waals surface area contributed by atoms with Gasteiger partial charge in [-0.3, -0.25) is 4.79 Å². The number of guanidine groups is 1. The maximum atomic E-state index is 12.5. The van der Waals surface area contributed by atoms with E-state index in [1.807, 2.05) is 11.8 Å². The molecule has 1 aliphatic heterocycles. The smallest absolute Gasteiger partial charge is 0.244 e. The Labute approximate surface area is 160 Å². The Hall–Kier alpha value is -1.82. The van der Waals surface area contributed by atoms with Crippen molar-refractivity contribution in [2.45, 2.75) is 52.0 Å². The Morgan fingerprint density at radius 1 is 1.31 bits per heavy atom. The molecule has 1 aromatic rings. The molecule has 0 spiro atoms. The second-order valence-electron chi connectivity index (χ2n) is 6.91. The van der Waals surface area contributed by atoms with Crippen molar-refractivity contribution in [1.82, 2.24) is 15.5 Å². The van der Waals surface area contributed by atoms with E-state index < -0.39 is 0 Å². The molecule has 0 bridgehead atoms. The molecule has 1 amide bonds. The third-order valence-electron chi connectivity index (χ3n) is 5.00. The fourth-order valence-corrected chi connectivity index (χ4v) is 4.41. The normalized spacial score (nSPS) is 17.5. The molecule has 142 valence electrons. The lowest BCUT2D eigenvalue weighted by atomic mass is 9.97. The molecule has 5 nitrogen and oxygen atoms in total. The maximum absolute atomic E-state index is 12.5. The van der Waals surface area contributed by atoms with Crippen molar-refractivity contribution in [1.29, 1.82) is 0 Å². The van der Waals surface area contributed by atoms with E-state index in [1.54, 1.807) is 16.9 Å². The molecule has 0 fully saturated rings. The molecule has 0 unspecified atom stereocenters. The van der Waals surface area contributed by atoms with Crippen LogP contribution in [0.25, 0.3) is 0 Å². The molecule has 0 atom stereocenters. The van der Waals surface area contributed by atoms with Crippen molar-refractivity contribution < 1.29 is 4.79 Å². The second kappa shape index (κ2) is 9.76. The third-order valence-corrected chi connectivity index (χ3v) is 6.02. The topological polar surface area (TPSA) is 56.7 Å². The van der Waals surface area contributed by atoms with Gasteiger partial charge in [-0.2, -0.15) is 0 Å². The quantitative estimate of drug-likeness (QED) is 0.457. The summed E-state index contributed by atoms with van der Waals surface area (Å²) in [6, 6.07) is 2.13. The summed E-state index contributed by atoms with van der Waals surface area (Å²) in [5.74, 6) is 0.847. The number of carbonyl (C=O) groups is 1. The first kappa shape index (κ1) is 19.0. The van der Waals surface area contributed by atoms with Crippen LogP contribution in [0.4, 0.5) is 0 Å². The zero-order valence-electron chi connectivity index (χ0n) is 15.7. The molecule has 26 heavy (non-hydrogen) atoms. The highest BCUT2D eigenvalue weighted by molar-refractivity contribution is 7.10. The first-order chi connectivity index (χ1) is 12.8. The summed E-state index contributed by atoms with van der Waals surface area (Å²) >= 11 is 1.79. The number of nitrogens with one attached hydrogen (secondary N) is 2. The molecule has 0 saturated carbocycles. The standard InChI is InChI=1S/C20H30N4OS/c1-2-21-20(22-11-8-16-6-4-3-5-7-16)23-14-19(25)24-12-9-18-17(15-24)10-13-26-18/h6,10,13H,2-5,7-9,11-12,14-15H2,1H3,(H2,21,22,23). The van der Waals surface area contributed by atoms with Gasteiger partial charge in [0.25, 0.3) is 0 Å². The van der Waals surface area contributed by atoms with Gasteiger partial charge in [0.05, 0.1) is 0 Å². The van der Waals surface area contributed by atoms with Gasteiger partial charge in [0.15, 0.2) is 5.96 Å². The Morgan fingerprint density at radius 3 is 3.04 bits per heavy atom. The minimum Gasteiger partial charge on any atom is -0.357 e. The fourth-order valence-electron chi connectivity index (χ4n) is 3.52. The molecular weight excluding hydrogens is 344 g/mol. The van der Waals surface area contributed by atoms with Crippen LogP contribution in [0.5, 0.6) is 0 Å². The molecule has 2 N–H and O–H groups in total. The summed E-state index contributed by atoms with van der Waals surface area (Å²) in [6.07, 6.45) is 9.50. The zero-order valence-corrected chi connectivity index (χ0v) is 16.5. The highest BCUT2D eigenvalue weighted by Crippen LogP contribution is 2.24. The Balaban J connectivity index is 1.47. The van der Waals surface area contributed by atoms with Gasteiger partial charge in [-0.25, -0.2) is 4.99 Å². The Kier molecular flexibility index (Phi) is 7.12. The third kappa shape index (κ3) is 5.34. The van der Waals surface area contributed by atoms with E-state index >= 15 is 0 Å². The van der Waals surface area contributed by atoms with Crippen molar-refractivity contribution in [2.24, 2.45) is 4.99 Å². The number of rotatable bonds is 6. The molecule has 0 saturated heterocycles. The van der Waals surface area contributed by atoms with Gasteiger partial charge in [0, 0.05) is 31.1 Å². The van der Waals surface area contributed by atoms with Crippen LogP contribution in [0, 0.1) is 0 Å². The minimum atomic E-state index is 0.106. The lowest BCUT2D eigenvalue weighted by Crippen LogP contribution is -2.40. The SMILES string of the molecule is CCNC(=NCC(=O)N1CCc2sccc2C1)NCCC1=CCCCC1. The van der Waals surface area contributed by atoms with Gasteiger partial charge in [-0.15, -0.1) is 11.3 Å². The summed E-state index contributed by atoms with van der Waals surface area (Å²) in [6.45, 7) is 5.45. The Bertz CT molecular complexity index is 665. The number of aliphatic imine (C=N–C) groups is 1. The van der Waals surface area contributed by atoms with Crippen LogP contribution in [0.1, 0.15) is 49.5 Å². The molecular formula is C20H30N4OS. The summed E-state index contributed by atoms with van der Waals surface area (Å²) < 4.78 is 0. The lowest BCUT2D eigenvalue weighted by Gasteiger charge is -2.26. The monoisotopic (exact) mass is 374 g/mol. The molecule has 3 rings (SSSR count). The van der Waals surface area contributed by atoms with E-state index in [0.717, 1.165) is 45.0 Å². The van der Waals surface area contributed by atoms with Crippen LogP contribution in [0.15, 0.2) is 28.1 Å². The van der Waals surface area contributed by atoms with Gasteiger partial charge >= 0.3 is 0 Å². The largest absolute Gasteiger partial charge is 0.357 e. The average Bonchev–Trinajstić information content (AvgIpc) is 3.14. The number of thiophene rings is 1. The number of hydrogen-bond donors (Lipinski definition) is 2. The van der Waals surface area contributed by atoms with Gasteiger partial charge in [0.2, 0.25) is 5.91 Å². The minimum absolute atomic E-state index is 0.106. The van der Waals surface area contributed by atoms with Gasteiger partial charge in [-0.1, -0.05) is 11.6 Å². The number of nitrogens with zero attached hydrogens (tertiary/aromatic N) is 2. The molecule has 6 heteroatoms. The number of fused-ring (bicyclic) bond motifs is 1. The highest BCUT2D eigenvalue weighted by atomic mass is 32.1. The predicted octanol–water partition coefficient (Wildman–Crippen LogP) is 3.08. The van der Waals surface area contributed by atoms with Crippen molar-refractivity contribution >= 4 is 23.2 Å². The Morgan fingerprint density at radius 2 is 2.23 bits per heavy atom.